The van der Waals surface area contributed by atoms with Crippen molar-refractivity contribution >= 4 is 15.5 Å². The summed E-state index contributed by atoms with van der Waals surface area (Å²) in [7, 11) is -5.35. The Kier molecular flexibility index (Phi) is 4.77. The van der Waals surface area contributed by atoms with Gasteiger partial charge >= 0.3 is 5.51 Å². The molecule has 0 aromatic heterocycles. The standard InChI is InChI=1S/C13H16F3NO3S/c14-13(15,16)21(18,19)12-4-2-1-3-11(12)17-9-10-5-7-20-8-6-10/h1-4,10,17H,5-9H2. The van der Waals surface area contributed by atoms with Gasteiger partial charge < -0.3 is 10.1 Å². The van der Waals surface area contributed by atoms with Gasteiger partial charge in [-0.15, -0.1) is 0 Å². The molecule has 0 aliphatic carbocycles. The van der Waals surface area contributed by atoms with E-state index in [4.69, 9.17) is 4.74 Å². The highest BCUT2D eigenvalue weighted by Crippen LogP contribution is 2.34. The zero-order valence-electron chi connectivity index (χ0n) is 11.2. The first-order valence-corrected chi connectivity index (χ1v) is 8.02. The maximum Gasteiger partial charge on any atom is 0.501 e. The Morgan fingerprint density at radius 1 is 1.19 bits per heavy atom. The summed E-state index contributed by atoms with van der Waals surface area (Å²) in [5, 5.41) is 2.83. The summed E-state index contributed by atoms with van der Waals surface area (Å²) >= 11 is 0. The molecule has 1 fully saturated rings. The summed E-state index contributed by atoms with van der Waals surface area (Å²) in [5.74, 6) is 0.264. The van der Waals surface area contributed by atoms with Crippen LogP contribution in [0, 0.1) is 5.92 Å². The van der Waals surface area contributed by atoms with E-state index in [1.54, 1.807) is 0 Å². The fourth-order valence-electron chi connectivity index (χ4n) is 2.18. The zero-order valence-corrected chi connectivity index (χ0v) is 12.0. The van der Waals surface area contributed by atoms with Crippen molar-refractivity contribution in [3.05, 3.63) is 24.3 Å². The van der Waals surface area contributed by atoms with Crippen molar-refractivity contribution < 1.29 is 26.3 Å². The van der Waals surface area contributed by atoms with Gasteiger partial charge in [-0.05, 0) is 30.9 Å². The maximum atomic E-state index is 12.7. The molecule has 1 heterocycles. The quantitative estimate of drug-likeness (QED) is 0.926. The van der Waals surface area contributed by atoms with Crippen LogP contribution in [0.5, 0.6) is 0 Å². The lowest BCUT2D eigenvalue weighted by Crippen LogP contribution is -2.26. The van der Waals surface area contributed by atoms with Crippen LogP contribution in [0.1, 0.15) is 12.8 Å². The van der Waals surface area contributed by atoms with Crippen molar-refractivity contribution in [2.45, 2.75) is 23.2 Å². The molecule has 0 spiro atoms. The molecule has 1 aromatic rings. The summed E-state index contributed by atoms with van der Waals surface area (Å²) in [6, 6.07) is 5.09. The summed E-state index contributed by atoms with van der Waals surface area (Å²) in [6.07, 6.45) is 1.61. The smallest absolute Gasteiger partial charge is 0.384 e. The van der Waals surface area contributed by atoms with Crippen LogP contribution in [-0.2, 0) is 14.6 Å². The van der Waals surface area contributed by atoms with Gasteiger partial charge in [0.2, 0.25) is 0 Å². The van der Waals surface area contributed by atoms with Crippen LogP contribution in [0.2, 0.25) is 0 Å². The third-order valence-corrected chi connectivity index (χ3v) is 4.95. The summed E-state index contributed by atoms with van der Waals surface area (Å²) < 4.78 is 66.3. The second-order valence-corrected chi connectivity index (χ2v) is 6.79. The fourth-order valence-corrected chi connectivity index (χ4v) is 3.11. The Labute approximate surface area is 121 Å². The molecule has 0 unspecified atom stereocenters. The van der Waals surface area contributed by atoms with Crippen LogP contribution < -0.4 is 5.32 Å². The molecule has 2 rings (SSSR count). The van der Waals surface area contributed by atoms with Crippen LogP contribution in [-0.4, -0.2) is 33.7 Å². The third-order valence-electron chi connectivity index (χ3n) is 3.40. The molecule has 1 aliphatic heterocycles. The van der Waals surface area contributed by atoms with Crippen LogP contribution in [0.4, 0.5) is 18.9 Å². The molecule has 8 heteroatoms. The van der Waals surface area contributed by atoms with Gasteiger partial charge in [0.1, 0.15) is 0 Å². The fraction of sp³-hybridized carbons (Fsp3) is 0.538. The summed E-state index contributed by atoms with van der Waals surface area (Å²) in [5.41, 5.74) is -5.31. The highest BCUT2D eigenvalue weighted by molar-refractivity contribution is 7.92. The lowest BCUT2D eigenvalue weighted by Gasteiger charge is -2.23. The molecule has 4 nitrogen and oxygen atoms in total. The van der Waals surface area contributed by atoms with E-state index in [-0.39, 0.29) is 11.6 Å². The van der Waals surface area contributed by atoms with Crippen LogP contribution >= 0.6 is 0 Å². The average Bonchev–Trinajstić information content (AvgIpc) is 2.45. The maximum absolute atomic E-state index is 12.7. The number of nitrogens with one attached hydrogen (secondary N) is 1. The molecule has 1 aliphatic rings. The largest absolute Gasteiger partial charge is 0.501 e. The first-order chi connectivity index (χ1) is 9.82. The third kappa shape index (κ3) is 3.68. The molecular formula is C13H16F3NO3S. The summed E-state index contributed by atoms with van der Waals surface area (Å²) in [6.45, 7) is 1.66. The predicted molar refractivity (Wildman–Crippen MR) is 71.7 cm³/mol. The van der Waals surface area contributed by atoms with Crippen LogP contribution in [0.15, 0.2) is 29.2 Å². The molecular weight excluding hydrogens is 307 g/mol. The highest BCUT2D eigenvalue weighted by Gasteiger charge is 2.47. The minimum Gasteiger partial charge on any atom is -0.384 e. The first-order valence-electron chi connectivity index (χ1n) is 6.54. The second-order valence-electron chi connectivity index (χ2n) is 4.88. The molecule has 118 valence electrons. The van der Waals surface area contributed by atoms with E-state index in [1.165, 1.54) is 18.2 Å². The van der Waals surface area contributed by atoms with Gasteiger partial charge in [0, 0.05) is 19.8 Å². The SMILES string of the molecule is O=S(=O)(c1ccccc1NCC1CCOCC1)C(F)(F)F. The molecule has 0 bridgehead atoms. The normalized spacial score (nSPS) is 17.7. The molecule has 0 radical (unpaired) electrons. The van der Waals surface area contributed by atoms with Crippen LogP contribution in [0.25, 0.3) is 0 Å². The molecule has 0 amide bonds. The van der Waals surface area contributed by atoms with E-state index in [0.29, 0.717) is 19.8 Å². The average molecular weight is 323 g/mol. The Balaban J connectivity index is 2.17. The van der Waals surface area contributed by atoms with Gasteiger partial charge in [0.25, 0.3) is 9.84 Å². The first kappa shape index (κ1) is 16.1. The number of sulfone groups is 1. The minimum atomic E-state index is -5.35. The lowest BCUT2D eigenvalue weighted by atomic mass is 10.0. The van der Waals surface area contributed by atoms with E-state index in [9.17, 15) is 21.6 Å². The molecule has 1 aromatic carbocycles. The molecule has 21 heavy (non-hydrogen) atoms. The monoisotopic (exact) mass is 323 g/mol. The Morgan fingerprint density at radius 2 is 1.81 bits per heavy atom. The number of halogens is 3. The van der Waals surface area contributed by atoms with Crippen molar-refractivity contribution in [3.8, 4) is 0 Å². The number of anilines is 1. The number of benzene rings is 1. The predicted octanol–water partition coefficient (Wildman–Crippen LogP) is 2.82. The van der Waals surface area contributed by atoms with E-state index < -0.39 is 20.2 Å². The zero-order chi connectivity index (χ0) is 15.5. The Morgan fingerprint density at radius 3 is 2.43 bits per heavy atom. The molecule has 1 N–H and O–H groups in total. The Hall–Kier alpha value is -1.28. The topological polar surface area (TPSA) is 55.4 Å². The van der Waals surface area contributed by atoms with Gasteiger partial charge in [-0.2, -0.15) is 13.2 Å². The van der Waals surface area contributed by atoms with Crippen molar-refractivity contribution in [1.82, 2.24) is 0 Å². The van der Waals surface area contributed by atoms with E-state index >= 15 is 0 Å². The van der Waals surface area contributed by atoms with Crippen molar-refractivity contribution in [2.75, 3.05) is 25.1 Å². The second kappa shape index (κ2) is 6.23. The van der Waals surface area contributed by atoms with Crippen LogP contribution in [0.3, 0.4) is 0 Å². The van der Waals surface area contributed by atoms with Crippen molar-refractivity contribution in [3.63, 3.8) is 0 Å². The van der Waals surface area contributed by atoms with Crippen molar-refractivity contribution in [2.24, 2.45) is 5.92 Å². The van der Waals surface area contributed by atoms with Gasteiger partial charge in [0.05, 0.1) is 10.6 Å². The number of hydrogen-bond donors (Lipinski definition) is 1. The van der Waals surface area contributed by atoms with E-state index in [2.05, 4.69) is 5.32 Å². The van der Waals surface area contributed by atoms with Crippen molar-refractivity contribution in [1.29, 1.82) is 0 Å². The number of hydrogen-bond acceptors (Lipinski definition) is 4. The van der Waals surface area contributed by atoms with Gasteiger partial charge in [-0.1, -0.05) is 12.1 Å². The number of para-hydroxylation sites is 1. The minimum absolute atomic E-state index is 0.0127. The van der Waals surface area contributed by atoms with E-state index in [0.717, 1.165) is 18.9 Å². The van der Waals surface area contributed by atoms with Gasteiger partial charge in [-0.25, -0.2) is 8.42 Å². The number of alkyl halides is 3. The summed E-state index contributed by atoms with van der Waals surface area (Å²) in [4.78, 5) is -0.732. The molecule has 0 atom stereocenters. The highest BCUT2D eigenvalue weighted by atomic mass is 32.2. The number of rotatable bonds is 4. The number of ether oxygens (including phenoxy) is 1. The lowest BCUT2D eigenvalue weighted by molar-refractivity contribution is -0.0435. The van der Waals surface area contributed by atoms with Gasteiger partial charge in [-0.3, -0.25) is 0 Å². The molecule has 0 saturated carbocycles. The molecule has 1 saturated heterocycles. The Bertz CT molecular complexity index is 581. The van der Waals surface area contributed by atoms with Gasteiger partial charge in [0.15, 0.2) is 0 Å². The van der Waals surface area contributed by atoms with E-state index in [1.807, 2.05) is 0 Å².